The number of nitrogen functional groups attached to an aromatic ring is 2. The quantitative estimate of drug-likeness (QED) is 0.810. The molecule has 0 saturated carbocycles. The van der Waals surface area contributed by atoms with Crippen molar-refractivity contribution in [3.05, 3.63) is 23.9 Å². The van der Waals surface area contributed by atoms with Crippen molar-refractivity contribution in [2.45, 2.75) is 26.8 Å². The van der Waals surface area contributed by atoms with Crippen molar-refractivity contribution in [2.75, 3.05) is 18.1 Å². The maximum Gasteiger partial charge on any atom is 0.105 e. The summed E-state index contributed by atoms with van der Waals surface area (Å²) in [7, 11) is 0. The highest BCUT2D eigenvalue weighted by Gasteiger charge is 2.21. The summed E-state index contributed by atoms with van der Waals surface area (Å²) in [4.78, 5) is 7.04. The molecule has 2 aromatic rings. The molecule has 1 aromatic heterocycles. The van der Waals surface area contributed by atoms with E-state index in [-0.39, 0.29) is 0 Å². The first-order valence-electron chi connectivity index (χ1n) is 6.65. The topological polar surface area (TPSA) is 72.6 Å². The van der Waals surface area contributed by atoms with E-state index in [9.17, 15) is 0 Å². The summed E-state index contributed by atoms with van der Waals surface area (Å²) < 4.78 is 1.58. The third-order valence-corrected chi connectivity index (χ3v) is 3.77. The van der Waals surface area contributed by atoms with Crippen molar-refractivity contribution in [3.63, 3.8) is 0 Å². The molecule has 2 heterocycles. The van der Waals surface area contributed by atoms with Gasteiger partial charge in [0.25, 0.3) is 0 Å². The molecule has 3 rings (SSSR count). The number of fused-ring (bicyclic) bond motifs is 3. The van der Waals surface area contributed by atoms with Crippen LogP contribution in [-0.4, -0.2) is 22.0 Å². The monoisotopic (exact) mass is 257 g/mol. The van der Waals surface area contributed by atoms with E-state index in [1.54, 1.807) is 10.9 Å². The standard InChI is InChI=1S/C14H19N5/c1-3-13-17-11-5-6-12-14(10(15)8-19(12)16)9(11)7-18(13)4-2/h5-6,8H,3-4,7,15-16H2,1-2H3. The van der Waals surface area contributed by atoms with Crippen molar-refractivity contribution < 1.29 is 0 Å². The molecule has 0 radical (unpaired) electrons. The van der Waals surface area contributed by atoms with Crippen LogP contribution in [0.25, 0.3) is 10.9 Å². The fraction of sp³-hybridized carbons (Fsp3) is 0.357. The van der Waals surface area contributed by atoms with Gasteiger partial charge in [0.05, 0.1) is 16.9 Å². The van der Waals surface area contributed by atoms with Crippen molar-refractivity contribution in [1.82, 2.24) is 9.58 Å². The SMILES string of the molecule is CCC1=Nc2ccc3c(c(N)cn3N)c2CN1CC. The van der Waals surface area contributed by atoms with Crippen molar-refractivity contribution in [3.8, 4) is 0 Å². The van der Waals surface area contributed by atoms with Gasteiger partial charge in [-0.05, 0) is 19.1 Å². The van der Waals surface area contributed by atoms with E-state index in [2.05, 4.69) is 18.7 Å². The molecule has 1 aliphatic rings. The minimum absolute atomic E-state index is 0.723. The fourth-order valence-corrected chi connectivity index (χ4v) is 2.80. The van der Waals surface area contributed by atoms with Crippen LogP contribution in [0.1, 0.15) is 25.8 Å². The Kier molecular flexibility index (Phi) is 2.62. The number of hydrogen-bond donors (Lipinski definition) is 2. The fourth-order valence-electron chi connectivity index (χ4n) is 2.80. The maximum atomic E-state index is 6.09. The van der Waals surface area contributed by atoms with Gasteiger partial charge in [-0.15, -0.1) is 0 Å². The first-order chi connectivity index (χ1) is 9.15. The molecule has 5 nitrogen and oxygen atoms in total. The van der Waals surface area contributed by atoms with Gasteiger partial charge in [-0.2, -0.15) is 0 Å². The predicted octanol–water partition coefficient (Wildman–Crippen LogP) is 2.21. The molecule has 0 aliphatic carbocycles. The van der Waals surface area contributed by atoms with Gasteiger partial charge in [-0.1, -0.05) is 6.92 Å². The van der Waals surface area contributed by atoms with Crippen LogP contribution in [0, 0.1) is 0 Å². The summed E-state index contributed by atoms with van der Waals surface area (Å²) in [6.45, 7) is 6.08. The zero-order valence-corrected chi connectivity index (χ0v) is 11.3. The molecule has 0 saturated heterocycles. The average Bonchev–Trinajstić information content (AvgIpc) is 2.72. The van der Waals surface area contributed by atoms with Gasteiger partial charge in [0.15, 0.2) is 0 Å². The number of nitrogens with two attached hydrogens (primary N) is 2. The molecule has 5 heteroatoms. The molecule has 0 spiro atoms. The number of anilines is 1. The second-order valence-corrected chi connectivity index (χ2v) is 4.84. The maximum absolute atomic E-state index is 6.09. The number of benzene rings is 1. The number of aliphatic imine (C=N–C) groups is 1. The Morgan fingerprint density at radius 1 is 1.32 bits per heavy atom. The highest BCUT2D eigenvalue weighted by molar-refractivity contribution is 6.00. The van der Waals surface area contributed by atoms with E-state index < -0.39 is 0 Å². The third-order valence-electron chi connectivity index (χ3n) is 3.77. The molecular weight excluding hydrogens is 238 g/mol. The Morgan fingerprint density at radius 2 is 2.11 bits per heavy atom. The van der Waals surface area contributed by atoms with Crippen LogP contribution < -0.4 is 11.6 Å². The number of hydrogen-bond acceptors (Lipinski definition) is 4. The van der Waals surface area contributed by atoms with Crippen LogP contribution >= 0.6 is 0 Å². The summed E-state index contributed by atoms with van der Waals surface area (Å²) in [6.07, 6.45) is 2.71. The zero-order valence-electron chi connectivity index (χ0n) is 11.3. The number of rotatable bonds is 2. The molecule has 4 N–H and O–H groups in total. The minimum atomic E-state index is 0.723. The number of aromatic nitrogens is 1. The largest absolute Gasteiger partial charge is 0.397 e. The molecule has 0 unspecified atom stereocenters. The molecular formula is C14H19N5. The molecule has 0 bridgehead atoms. The van der Waals surface area contributed by atoms with Gasteiger partial charge in [-0.25, -0.2) is 4.99 Å². The Balaban J connectivity index is 2.27. The summed E-state index contributed by atoms with van der Waals surface area (Å²) in [5, 5.41) is 1.04. The van der Waals surface area contributed by atoms with Gasteiger partial charge in [0.1, 0.15) is 5.84 Å². The summed E-state index contributed by atoms with van der Waals surface area (Å²) in [6, 6.07) is 4.02. The van der Waals surface area contributed by atoms with Crippen LogP contribution in [0.2, 0.25) is 0 Å². The normalized spacial score (nSPS) is 14.6. The van der Waals surface area contributed by atoms with Crippen LogP contribution in [0.15, 0.2) is 23.3 Å². The highest BCUT2D eigenvalue weighted by atomic mass is 15.3. The number of amidine groups is 1. The van der Waals surface area contributed by atoms with E-state index in [4.69, 9.17) is 16.6 Å². The Bertz CT molecular complexity index is 668. The van der Waals surface area contributed by atoms with Gasteiger partial charge < -0.3 is 16.5 Å². The molecule has 0 amide bonds. The van der Waals surface area contributed by atoms with E-state index in [0.29, 0.717) is 0 Å². The zero-order chi connectivity index (χ0) is 13.6. The lowest BCUT2D eigenvalue weighted by Crippen LogP contribution is -2.32. The van der Waals surface area contributed by atoms with Crippen LogP contribution in [0.5, 0.6) is 0 Å². The second kappa shape index (κ2) is 4.19. The predicted molar refractivity (Wildman–Crippen MR) is 80.0 cm³/mol. The molecule has 1 aliphatic heterocycles. The highest BCUT2D eigenvalue weighted by Crippen LogP contribution is 2.36. The van der Waals surface area contributed by atoms with Crippen molar-refractivity contribution in [2.24, 2.45) is 4.99 Å². The lowest BCUT2D eigenvalue weighted by molar-refractivity contribution is 0.423. The molecule has 0 fully saturated rings. The Morgan fingerprint density at radius 3 is 2.79 bits per heavy atom. The lowest BCUT2D eigenvalue weighted by Gasteiger charge is -2.29. The average molecular weight is 257 g/mol. The number of nitrogens with zero attached hydrogens (tertiary/aromatic N) is 3. The van der Waals surface area contributed by atoms with E-state index in [0.717, 1.165) is 47.6 Å². The van der Waals surface area contributed by atoms with Crippen LogP contribution in [0.4, 0.5) is 11.4 Å². The van der Waals surface area contributed by atoms with Gasteiger partial charge >= 0.3 is 0 Å². The first-order valence-corrected chi connectivity index (χ1v) is 6.65. The smallest absolute Gasteiger partial charge is 0.105 e. The van der Waals surface area contributed by atoms with Gasteiger partial charge in [0.2, 0.25) is 0 Å². The second-order valence-electron chi connectivity index (χ2n) is 4.84. The summed E-state index contributed by atoms with van der Waals surface area (Å²) in [5.74, 6) is 7.06. The summed E-state index contributed by atoms with van der Waals surface area (Å²) in [5.41, 5.74) is 9.97. The van der Waals surface area contributed by atoms with Crippen LogP contribution in [0.3, 0.4) is 0 Å². The first kappa shape index (κ1) is 11.9. The molecule has 100 valence electrons. The Labute approximate surface area is 112 Å². The van der Waals surface area contributed by atoms with Gasteiger partial charge in [-0.3, -0.25) is 4.68 Å². The van der Waals surface area contributed by atoms with E-state index in [1.807, 2.05) is 12.1 Å². The van der Waals surface area contributed by atoms with Crippen molar-refractivity contribution >= 4 is 28.1 Å². The van der Waals surface area contributed by atoms with E-state index >= 15 is 0 Å². The van der Waals surface area contributed by atoms with E-state index in [1.165, 1.54) is 5.56 Å². The third kappa shape index (κ3) is 1.65. The van der Waals surface area contributed by atoms with Crippen molar-refractivity contribution in [1.29, 1.82) is 0 Å². The molecule has 1 aromatic carbocycles. The summed E-state index contributed by atoms with van der Waals surface area (Å²) >= 11 is 0. The molecule has 19 heavy (non-hydrogen) atoms. The van der Waals surface area contributed by atoms with Gasteiger partial charge in [0, 0.05) is 36.7 Å². The van der Waals surface area contributed by atoms with Crippen LogP contribution in [-0.2, 0) is 6.54 Å². The minimum Gasteiger partial charge on any atom is -0.397 e. The molecule has 0 atom stereocenters. The lowest BCUT2D eigenvalue weighted by atomic mass is 10.0. The Hall–Kier alpha value is -2.17.